The van der Waals surface area contributed by atoms with Gasteiger partial charge in [-0.2, -0.15) is 0 Å². The van der Waals surface area contributed by atoms with E-state index in [0.29, 0.717) is 48.7 Å². The number of halogens is 1. The number of morpholine rings is 1. The molecule has 3 aliphatic heterocycles. The van der Waals surface area contributed by atoms with Crippen LogP contribution in [-0.4, -0.2) is 87.9 Å². The van der Waals surface area contributed by atoms with E-state index in [2.05, 4.69) is 10.6 Å². The van der Waals surface area contributed by atoms with Crippen LogP contribution in [0.2, 0.25) is 0 Å². The number of hydrogen-bond acceptors (Lipinski definition) is 7. The lowest BCUT2D eigenvalue weighted by Gasteiger charge is -2.40. The predicted molar refractivity (Wildman–Crippen MR) is 139 cm³/mol. The molecule has 0 saturated carbocycles. The molecule has 3 N–H and O–H groups in total. The Morgan fingerprint density at radius 2 is 1.87 bits per heavy atom. The van der Waals surface area contributed by atoms with E-state index in [0.717, 1.165) is 0 Å². The molecule has 3 amide bonds. The van der Waals surface area contributed by atoms with Crippen LogP contribution in [0.3, 0.4) is 0 Å². The van der Waals surface area contributed by atoms with Gasteiger partial charge in [0.05, 0.1) is 18.7 Å². The van der Waals surface area contributed by atoms with Gasteiger partial charge in [0.2, 0.25) is 11.8 Å². The number of nitrogens with one attached hydrogen (secondary N) is 2. The Morgan fingerprint density at radius 1 is 1.13 bits per heavy atom. The van der Waals surface area contributed by atoms with Crippen molar-refractivity contribution < 1.29 is 28.6 Å². The van der Waals surface area contributed by atoms with E-state index < -0.39 is 29.0 Å². The monoisotopic (exact) mass is 512 g/mol. The number of benzene rings is 2. The number of anilines is 1. The van der Waals surface area contributed by atoms with Crippen LogP contribution in [0.15, 0.2) is 18.2 Å². The maximum atomic E-state index is 15.2. The van der Waals surface area contributed by atoms with E-state index in [1.54, 1.807) is 18.2 Å². The maximum absolute atomic E-state index is 15.2. The average molecular weight is 512 g/mol. The minimum absolute atomic E-state index is 0.00409. The molecule has 13 heteroatoms. The summed E-state index contributed by atoms with van der Waals surface area (Å²) in [4.78, 5) is 40.6. The highest BCUT2D eigenvalue weighted by molar-refractivity contribution is 6.49. The van der Waals surface area contributed by atoms with E-state index >= 15 is 4.39 Å². The molecule has 2 saturated heterocycles. The summed E-state index contributed by atoms with van der Waals surface area (Å²) in [6.07, 6.45) is 0.00719. The largest absolute Gasteiger partial charge is 0.507 e. The predicted octanol–water partition coefficient (Wildman–Crippen LogP) is -1.18. The number of ether oxygens (including phenoxy) is 1. The average Bonchev–Trinajstić information content (AvgIpc) is 3.26. The molecule has 9 nitrogen and oxygen atoms in total. The molecular formula is C25H24B3FN4O5. The normalized spacial score (nSPS) is 21.9. The Labute approximate surface area is 223 Å². The molecule has 2 fully saturated rings. The lowest BCUT2D eigenvalue weighted by Crippen LogP contribution is -2.63. The number of nitrogens with zero attached hydrogens (tertiary/aromatic N) is 2. The van der Waals surface area contributed by atoms with Gasteiger partial charge in [0.25, 0.3) is 5.91 Å². The minimum atomic E-state index is -1.68. The molecule has 0 aliphatic carbocycles. The van der Waals surface area contributed by atoms with Gasteiger partial charge in [-0.1, -0.05) is 17.0 Å². The van der Waals surface area contributed by atoms with Crippen molar-refractivity contribution in [2.75, 3.05) is 31.6 Å². The van der Waals surface area contributed by atoms with Crippen molar-refractivity contribution in [3.63, 3.8) is 0 Å². The fourth-order valence-corrected chi connectivity index (χ4v) is 5.14. The zero-order valence-electron chi connectivity index (χ0n) is 20.7. The highest BCUT2D eigenvalue weighted by atomic mass is 19.1. The van der Waals surface area contributed by atoms with Gasteiger partial charge in [0.1, 0.15) is 35.1 Å². The number of fused-ring (bicyclic) bond motifs is 1. The fraction of sp³-hybridized carbons (Fsp3) is 0.400. The van der Waals surface area contributed by atoms with Crippen LogP contribution < -0.4 is 21.6 Å². The number of phenols is 1. The summed E-state index contributed by atoms with van der Waals surface area (Å²) in [7, 11) is 18.4. The highest BCUT2D eigenvalue weighted by Gasteiger charge is 2.48. The smallest absolute Gasteiger partial charge is 0.254 e. The van der Waals surface area contributed by atoms with E-state index in [9.17, 15) is 19.5 Å². The van der Waals surface area contributed by atoms with Gasteiger partial charge in [0.15, 0.2) is 0 Å². The summed E-state index contributed by atoms with van der Waals surface area (Å²) in [5.74, 6) is -2.74. The van der Waals surface area contributed by atoms with Gasteiger partial charge in [0, 0.05) is 67.1 Å². The molecule has 1 atom stereocenters. The summed E-state index contributed by atoms with van der Waals surface area (Å²) < 4.78 is 20.5. The quantitative estimate of drug-likeness (QED) is 0.331. The van der Waals surface area contributed by atoms with Gasteiger partial charge in [-0.3, -0.25) is 24.6 Å². The van der Waals surface area contributed by atoms with Gasteiger partial charge in [-0.25, -0.2) is 4.39 Å². The zero-order valence-corrected chi connectivity index (χ0v) is 20.7. The highest BCUT2D eigenvalue weighted by Crippen LogP contribution is 2.36. The summed E-state index contributed by atoms with van der Waals surface area (Å²) in [6, 6.07) is 4.96. The first-order valence-corrected chi connectivity index (χ1v) is 12.3. The Balaban J connectivity index is 1.40. The summed E-state index contributed by atoms with van der Waals surface area (Å²) in [6.45, 7) is 2.51. The van der Waals surface area contributed by atoms with Crippen molar-refractivity contribution in [3.8, 4) is 5.75 Å². The third kappa shape index (κ3) is 4.47. The number of carbonyl (C=O) groups is 3. The summed E-state index contributed by atoms with van der Waals surface area (Å²) >= 11 is 0. The first-order chi connectivity index (χ1) is 18.1. The van der Waals surface area contributed by atoms with Crippen LogP contribution in [-0.2, 0) is 34.0 Å². The van der Waals surface area contributed by atoms with Gasteiger partial charge in [-0.05, 0) is 18.6 Å². The molecular weight excluding hydrogens is 488 g/mol. The van der Waals surface area contributed by atoms with E-state index in [-0.39, 0.29) is 54.7 Å². The number of imide groups is 1. The SMILES string of the molecule is [B]c1c([B])c(CN2CCOCC2)c(O)c(CNc2cccc3c2CN(C2([B])CCC(=O)NC2=O)C3=O)c1F. The number of amides is 3. The van der Waals surface area contributed by atoms with E-state index in [4.69, 9.17) is 28.3 Å². The van der Waals surface area contributed by atoms with Gasteiger partial charge in [-0.15, -0.1) is 0 Å². The van der Waals surface area contributed by atoms with Crippen molar-refractivity contribution in [1.29, 1.82) is 0 Å². The van der Waals surface area contributed by atoms with Crippen molar-refractivity contribution in [2.45, 2.75) is 37.9 Å². The standard InChI is InChI=1S/C25H24B3FN4O5/c26-19-16(11-32-6-8-38-9-7-32)22(35)14(21(29)20(19)27)10-30-17-3-1-2-13-15(17)12-33(23(13)36)25(28)5-4-18(34)31-24(25)37/h1-3,30,35H,4-12H2,(H,31,34,37). The molecule has 190 valence electrons. The number of piperidine rings is 1. The topological polar surface area (TPSA) is 111 Å². The van der Waals surface area contributed by atoms with Crippen molar-refractivity contribution in [2.24, 2.45) is 0 Å². The molecule has 0 spiro atoms. The van der Waals surface area contributed by atoms with Crippen LogP contribution in [0.4, 0.5) is 10.1 Å². The first kappa shape index (κ1) is 26.3. The lowest BCUT2D eigenvalue weighted by molar-refractivity contribution is -0.138. The molecule has 2 aromatic rings. The molecule has 0 bridgehead atoms. The van der Waals surface area contributed by atoms with Crippen LogP contribution >= 0.6 is 0 Å². The maximum Gasteiger partial charge on any atom is 0.254 e. The molecule has 1 unspecified atom stereocenters. The number of rotatable bonds is 6. The molecule has 0 aromatic heterocycles. The Bertz CT molecular complexity index is 1340. The number of carbonyl (C=O) groups excluding carboxylic acids is 3. The minimum Gasteiger partial charge on any atom is -0.507 e. The van der Waals surface area contributed by atoms with Crippen LogP contribution in [0.25, 0.3) is 0 Å². The molecule has 38 heavy (non-hydrogen) atoms. The van der Waals surface area contributed by atoms with Gasteiger partial charge >= 0.3 is 0 Å². The Hall–Kier alpha value is -3.31. The second-order valence-electron chi connectivity index (χ2n) is 9.71. The second-order valence-corrected chi connectivity index (χ2v) is 9.71. The van der Waals surface area contributed by atoms with E-state index in [1.165, 1.54) is 4.90 Å². The van der Waals surface area contributed by atoms with Crippen molar-refractivity contribution in [3.05, 3.63) is 46.3 Å². The van der Waals surface area contributed by atoms with Crippen LogP contribution in [0.5, 0.6) is 5.75 Å². The third-order valence-electron chi connectivity index (χ3n) is 7.46. The third-order valence-corrected chi connectivity index (χ3v) is 7.46. The van der Waals surface area contributed by atoms with E-state index in [1.807, 2.05) is 4.90 Å². The summed E-state index contributed by atoms with van der Waals surface area (Å²) in [5.41, 5.74) is -0.253. The second kappa shape index (κ2) is 10.1. The Kier molecular flexibility index (Phi) is 7.00. The fourth-order valence-electron chi connectivity index (χ4n) is 5.14. The van der Waals surface area contributed by atoms with Crippen molar-refractivity contribution >= 4 is 57.9 Å². The lowest BCUT2D eigenvalue weighted by atomic mass is 9.70. The molecule has 2 aromatic carbocycles. The number of hydrogen-bond donors (Lipinski definition) is 3. The molecule has 5 rings (SSSR count). The number of phenolic OH excluding ortho intramolecular Hbond substituents is 1. The molecule has 3 heterocycles. The summed E-state index contributed by atoms with van der Waals surface area (Å²) in [5, 5.41) is 16.3. The first-order valence-electron chi connectivity index (χ1n) is 12.3. The van der Waals surface area contributed by atoms with Crippen molar-refractivity contribution in [1.82, 2.24) is 15.1 Å². The molecule has 6 radical (unpaired) electrons. The van der Waals surface area contributed by atoms with Crippen LogP contribution in [0.1, 0.15) is 39.9 Å². The molecule has 3 aliphatic rings. The Morgan fingerprint density at radius 3 is 2.58 bits per heavy atom. The number of aromatic hydroxyl groups is 1. The van der Waals surface area contributed by atoms with Gasteiger partial charge < -0.3 is 20.1 Å². The zero-order chi connectivity index (χ0) is 27.2. The van der Waals surface area contributed by atoms with Crippen LogP contribution in [0, 0.1) is 5.82 Å².